The number of carbonyl (C=O) groups excluding carboxylic acids is 1. The van der Waals surface area contributed by atoms with Crippen molar-refractivity contribution in [3.8, 4) is 16.9 Å². The van der Waals surface area contributed by atoms with E-state index < -0.39 is 17.5 Å². The Morgan fingerprint density at radius 2 is 1.90 bits per heavy atom. The molecule has 0 atom stereocenters. The van der Waals surface area contributed by atoms with Gasteiger partial charge in [-0.3, -0.25) is 4.79 Å². The smallest absolute Gasteiger partial charge is 0.294 e. The number of ether oxygens (including phenoxy) is 1. The van der Waals surface area contributed by atoms with Crippen LogP contribution in [-0.4, -0.2) is 28.0 Å². The highest BCUT2D eigenvalue weighted by Gasteiger charge is 2.18. The predicted octanol–water partition coefficient (Wildman–Crippen LogP) is 4.13. The monoisotopic (exact) mass is 396 g/mol. The van der Waals surface area contributed by atoms with Gasteiger partial charge < -0.3 is 14.5 Å². The summed E-state index contributed by atoms with van der Waals surface area (Å²) in [6.45, 7) is 1.62. The van der Waals surface area contributed by atoms with Crippen molar-refractivity contribution in [2.75, 3.05) is 12.4 Å². The van der Waals surface area contributed by atoms with E-state index in [1.165, 1.54) is 31.6 Å². The molecule has 146 valence electrons. The van der Waals surface area contributed by atoms with Crippen LogP contribution in [0.4, 0.5) is 14.6 Å². The van der Waals surface area contributed by atoms with Gasteiger partial charge in [-0.05, 0) is 18.2 Å². The van der Waals surface area contributed by atoms with E-state index in [4.69, 9.17) is 9.15 Å². The molecule has 0 aliphatic carbocycles. The largest absolute Gasteiger partial charge is 0.494 e. The predicted molar refractivity (Wildman–Crippen MR) is 101 cm³/mol. The molecule has 9 heteroatoms. The highest BCUT2D eigenvalue weighted by molar-refractivity contribution is 6.02. The van der Waals surface area contributed by atoms with Crippen LogP contribution in [0.1, 0.15) is 16.4 Å². The summed E-state index contributed by atoms with van der Waals surface area (Å²) in [6.07, 6.45) is 2.61. The maximum Gasteiger partial charge on any atom is 0.294 e. The summed E-state index contributed by atoms with van der Waals surface area (Å²) in [4.78, 5) is 24.8. The molecule has 0 spiro atoms. The third-order valence-corrected chi connectivity index (χ3v) is 4.21. The average molecular weight is 396 g/mol. The van der Waals surface area contributed by atoms with Gasteiger partial charge in [0.25, 0.3) is 5.91 Å². The number of anilines is 1. The summed E-state index contributed by atoms with van der Waals surface area (Å²) in [5.41, 5.74) is 0.956. The zero-order valence-electron chi connectivity index (χ0n) is 15.4. The first kappa shape index (κ1) is 18.5. The number of hydrogen-bond donors (Lipinski definition) is 1. The van der Waals surface area contributed by atoms with Crippen LogP contribution in [0.15, 0.2) is 47.1 Å². The van der Waals surface area contributed by atoms with Crippen molar-refractivity contribution in [3.05, 3.63) is 66.0 Å². The number of oxazole rings is 1. The second-order valence-electron chi connectivity index (χ2n) is 6.07. The maximum absolute atomic E-state index is 14.3. The summed E-state index contributed by atoms with van der Waals surface area (Å²) < 4.78 is 38.5. The highest BCUT2D eigenvalue weighted by atomic mass is 19.2. The number of aromatic nitrogens is 3. The van der Waals surface area contributed by atoms with Crippen LogP contribution in [0.5, 0.6) is 5.75 Å². The topological polar surface area (TPSA) is 90.1 Å². The van der Waals surface area contributed by atoms with Gasteiger partial charge in [-0.25, -0.2) is 23.7 Å². The van der Waals surface area contributed by atoms with Crippen LogP contribution >= 0.6 is 0 Å². The van der Waals surface area contributed by atoms with Crippen LogP contribution in [0, 0.1) is 18.6 Å². The number of benzene rings is 2. The molecule has 2 aromatic heterocycles. The van der Waals surface area contributed by atoms with E-state index in [0.29, 0.717) is 22.7 Å². The molecular formula is C20H14F2N4O3. The van der Waals surface area contributed by atoms with Crippen molar-refractivity contribution in [1.29, 1.82) is 0 Å². The molecule has 2 heterocycles. The number of aryl methyl sites for hydroxylation is 1. The maximum atomic E-state index is 14.3. The van der Waals surface area contributed by atoms with Crippen molar-refractivity contribution in [2.45, 2.75) is 6.92 Å². The van der Waals surface area contributed by atoms with Crippen LogP contribution in [0.3, 0.4) is 0 Å². The van der Waals surface area contributed by atoms with E-state index in [2.05, 4.69) is 20.3 Å². The number of hydrogen-bond acceptors (Lipinski definition) is 6. The standard InChI is InChI=1S/C20H14F2N4O3/c1-10-23-8-15(29-10)20(27)26-16-9-24-18-12(6-7-14(28-2)19(18)25-16)11-4-3-5-13(21)17(11)22/h3-9H,1-2H3,(H,25,26,27). The zero-order chi connectivity index (χ0) is 20.5. The lowest BCUT2D eigenvalue weighted by atomic mass is 10.0. The zero-order valence-corrected chi connectivity index (χ0v) is 15.4. The van der Waals surface area contributed by atoms with E-state index >= 15 is 0 Å². The number of carbonyl (C=O) groups is 1. The molecule has 29 heavy (non-hydrogen) atoms. The molecule has 4 aromatic rings. The van der Waals surface area contributed by atoms with E-state index in [0.717, 1.165) is 6.07 Å². The minimum Gasteiger partial charge on any atom is -0.494 e. The van der Waals surface area contributed by atoms with Crippen molar-refractivity contribution < 1.29 is 22.7 Å². The van der Waals surface area contributed by atoms with Gasteiger partial charge in [-0.2, -0.15) is 0 Å². The van der Waals surface area contributed by atoms with Gasteiger partial charge in [-0.1, -0.05) is 12.1 Å². The first-order chi connectivity index (χ1) is 14.0. The first-order valence-electron chi connectivity index (χ1n) is 8.50. The molecule has 0 aliphatic heterocycles. The Labute approximate surface area is 163 Å². The SMILES string of the molecule is COc1ccc(-c2cccc(F)c2F)c2ncc(NC(=O)c3cnc(C)o3)nc12. The first-order valence-corrected chi connectivity index (χ1v) is 8.50. The lowest BCUT2D eigenvalue weighted by molar-refractivity contribution is 0.0995. The summed E-state index contributed by atoms with van der Waals surface area (Å²) in [5, 5.41) is 2.56. The number of halogens is 2. The lowest BCUT2D eigenvalue weighted by Gasteiger charge is -2.11. The lowest BCUT2D eigenvalue weighted by Crippen LogP contribution is -2.12. The second kappa shape index (κ2) is 7.27. The van der Waals surface area contributed by atoms with Crippen molar-refractivity contribution in [3.63, 3.8) is 0 Å². The molecule has 0 saturated heterocycles. The fraction of sp³-hybridized carbons (Fsp3) is 0.100. The number of fused-ring (bicyclic) bond motifs is 1. The quantitative estimate of drug-likeness (QED) is 0.558. The van der Waals surface area contributed by atoms with Gasteiger partial charge in [0.05, 0.1) is 19.5 Å². The minimum atomic E-state index is -0.987. The second-order valence-corrected chi connectivity index (χ2v) is 6.07. The molecule has 2 aromatic carbocycles. The van der Waals surface area contributed by atoms with E-state index in [-0.39, 0.29) is 22.7 Å². The van der Waals surface area contributed by atoms with Crippen LogP contribution in [-0.2, 0) is 0 Å². The Balaban J connectivity index is 1.80. The third-order valence-electron chi connectivity index (χ3n) is 4.21. The van der Waals surface area contributed by atoms with Crippen molar-refractivity contribution in [1.82, 2.24) is 15.0 Å². The van der Waals surface area contributed by atoms with E-state index in [9.17, 15) is 13.6 Å². The van der Waals surface area contributed by atoms with Gasteiger partial charge in [0.1, 0.15) is 16.8 Å². The van der Waals surface area contributed by atoms with Gasteiger partial charge >= 0.3 is 0 Å². The summed E-state index contributed by atoms with van der Waals surface area (Å²) in [5.74, 6) is -1.64. The van der Waals surface area contributed by atoms with Crippen LogP contribution in [0.25, 0.3) is 22.2 Å². The molecule has 0 saturated carbocycles. The normalized spacial score (nSPS) is 10.9. The molecule has 0 fully saturated rings. The Hall–Kier alpha value is -3.88. The molecule has 1 N–H and O–H groups in total. The summed E-state index contributed by atoms with van der Waals surface area (Å²) >= 11 is 0. The number of rotatable bonds is 4. The Kier molecular flexibility index (Phi) is 4.63. The van der Waals surface area contributed by atoms with Gasteiger partial charge in [0.15, 0.2) is 23.3 Å². The molecule has 0 bridgehead atoms. The highest BCUT2D eigenvalue weighted by Crippen LogP contribution is 2.34. The van der Waals surface area contributed by atoms with E-state index in [1.54, 1.807) is 19.1 Å². The van der Waals surface area contributed by atoms with E-state index in [1.807, 2.05) is 0 Å². The number of nitrogens with zero attached hydrogens (tertiary/aromatic N) is 3. The fourth-order valence-corrected chi connectivity index (χ4v) is 2.87. The third kappa shape index (κ3) is 3.38. The Morgan fingerprint density at radius 3 is 2.62 bits per heavy atom. The van der Waals surface area contributed by atoms with Crippen molar-refractivity contribution in [2.24, 2.45) is 0 Å². The molecule has 0 aliphatic rings. The molecule has 1 amide bonds. The Morgan fingerprint density at radius 1 is 1.07 bits per heavy atom. The summed E-state index contributed by atoms with van der Waals surface area (Å²) in [6, 6.07) is 7.04. The summed E-state index contributed by atoms with van der Waals surface area (Å²) in [7, 11) is 1.45. The van der Waals surface area contributed by atoms with Crippen LogP contribution in [0.2, 0.25) is 0 Å². The molecule has 0 radical (unpaired) electrons. The number of methoxy groups -OCH3 is 1. The van der Waals surface area contributed by atoms with Crippen molar-refractivity contribution >= 4 is 22.8 Å². The average Bonchev–Trinajstić information content (AvgIpc) is 3.16. The molecule has 7 nitrogen and oxygen atoms in total. The van der Waals surface area contributed by atoms with Gasteiger partial charge in [0.2, 0.25) is 5.76 Å². The molecular weight excluding hydrogens is 382 g/mol. The Bertz CT molecular complexity index is 1240. The fourth-order valence-electron chi connectivity index (χ4n) is 2.87. The number of nitrogens with one attached hydrogen (secondary N) is 1. The number of amides is 1. The molecule has 4 rings (SSSR count). The molecule has 0 unspecified atom stereocenters. The van der Waals surface area contributed by atoms with Crippen LogP contribution < -0.4 is 10.1 Å². The van der Waals surface area contributed by atoms with Gasteiger partial charge in [-0.15, -0.1) is 0 Å². The van der Waals surface area contributed by atoms with Gasteiger partial charge in [0, 0.05) is 18.1 Å². The minimum absolute atomic E-state index is 0.0203.